The van der Waals surface area contributed by atoms with Crippen molar-refractivity contribution < 1.29 is 18.0 Å². The first-order valence-corrected chi connectivity index (χ1v) is 4.21. The fourth-order valence-corrected chi connectivity index (χ4v) is 1.21. The van der Waals surface area contributed by atoms with Crippen LogP contribution in [0, 0.1) is 0 Å². The minimum absolute atomic E-state index is 0. The molecule has 0 saturated carbocycles. The summed E-state index contributed by atoms with van der Waals surface area (Å²) < 4.78 is 24.8. The predicted molar refractivity (Wildman–Crippen MR) is 47.3 cm³/mol. The standard InChI is InChI=1S/C6H6O4S.Al.3H/c7-10-11(8,9)6-4-2-1-3-5-6;;;;/h1-5,7H;;;;. The molecule has 0 atom stereocenters. The quantitative estimate of drug-likeness (QED) is 0.407. The molecule has 0 spiro atoms. The zero-order chi connectivity index (χ0) is 8.32. The average Bonchev–Trinajstić information content (AvgIpc) is 2.06. The van der Waals surface area contributed by atoms with Crippen LogP contribution in [0.3, 0.4) is 0 Å². The van der Waals surface area contributed by atoms with Crippen molar-refractivity contribution in [1.29, 1.82) is 0 Å². The molecule has 0 aliphatic rings. The van der Waals surface area contributed by atoms with Crippen molar-refractivity contribution >= 4 is 27.5 Å². The summed E-state index contributed by atoms with van der Waals surface area (Å²) in [7, 11) is -3.94. The molecule has 1 rings (SSSR count). The molecule has 1 aromatic rings. The van der Waals surface area contributed by atoms with Gasteiger partial charge in [-0.25, -0.2) is 5.26 Å². The third kappa shape index (κ3) is 2.59. The molecule has 0 radical (unpaired) electrons. The van der Waals surface area contributed by atoms with E-state index in [2.05, 4.69) is 4.33 Å². The molecule has 12 heavy (non-hydrogen) atoms. The van der Waals surface area contributed by atoms with Gasteiger partial charge < -0.3 is 0 Å². The van der Waals surface area contributed by atoms with Crippen LogP contribution in [0.15, 0.2) is 35.2 Å². The van der Waals surface area contributed by atoms with Crippen LogP contribution >= 0.6 is 0 Å². The summed E-state index contributed by atoms with van der Waals surface area (Å²) in [5.41, 5.74) is 0. The van der Waals surface area contributed by atoms with E-state index < -0.39 is 10.1 Å². The third-order valence-electron chi connectivity index (χ3n) is 1.13. The zero-order valence-corrected chi connectivity index (χ0v) is 6.28. The van der Waals surface area contributed by atoms with Gasteiger partial charge >= 0.3 is 10.1 Å². The Labute approximate surface area is 81.0 Å². The Bertz CT molecular complexity index is 321. The highest BCUT2D eigenvalue weighted by Crippen LogP contribution is 2.08. The first kappa shape index (κ1) is 11.6. The van der Waals surface area contributed by atoms with Crippen molar-refractivity contribution in [1.82, 2.24) is 0 Å². The van der Waals surface area contributed by atoms with Crippen LogP contribution in [0.2, 0.25) is 0 Å². The van der Waals surface area contributed by atoms with Gasteiger partial charge in [0.05, 0.1) is 4.90 Å². The molecule has 0 aliphatic carbocycles. The van der Waals surface area contributed by atoms with Crippen LogP contribution in [-0.4, -0.2) is 31.0 Å². The van der Waals surface area contributed by atoms with E-state index in [1.54, 1.807) is 6.07 Å². The Hall–Kier alpha value is -0.378. The minimum Gasteiger partial charge on any atom is -0.235 e. The average molecular weight is 204 g/mol. The van der Waals surface area contributed by atoms with Crippen LogP contribution in [0.5, 0.6) is 0 Å². The summed E-state index contributed by atoms with van der Waals surface area (Å²) >= 11 is 0. The van der Waals surface area contributed by atoms with Gasteiger partial charge in [0.25, 0.3) is 0 Å². The predicted octanol–water partition coefficient (Wildman–Crippen LogP) is -0.319. The van der Waals surface area contributed by atoms with Gasteiger partial charge in [-0.15, -0.1) is 4.33 Å². The van der Waals surface area contributed by atoms with Crippen molar-refractivity contribution in [2.45, 2.75) is 4.90 Å². The van der Waals surface area contributed by atoms with Crippen LogP contribution in [0.1, 0.15) is 0 Å². The number of benzene rings is 1. The molecule has 1 aromatic carbocycles. The molecular formula is C6H9AlO4S. The van der Waals surface area contributed by atoms with E-state index in [1.807, 2.05) is 0 Å². The first-order chi connectivity index (χ1) is 5.17. The molecule has 0 amide bonds. The summed E-state index contributed by atoms with van der Waals surface area (Å²) in [5, 5.41) is 7.96. The Morgan fingerprint density at radius 3 is 2.08 bits per heavy atom. The molecule has 6 heteroatoms. The molecule has 0 heterocycles. The van der Waals surface area contributed by atoms with Crippen molar-refractivity contribution in [3.63, 3.8) is 0 Å². The van der Waals surface area contributed by atoms with E-state index in [4.69, 9.17) is 5.26 Å². The monoisotopic (exact) mass is 204 g/mol. The molecule has 0 aliphatic heterocycles. The Balaban J connectivity index is 0.00000121. The smallest absolute Gasteiger partial charge is 0.235 e. The number of rotatable bonds is 2. The lowest BCUT2D eigenvalue weighted by molar-refractivity contribution is -0.130. The Morgan fingerprint density at radius 2 is 1.67 bits per heavy atom. The van der Waals surface area contributed by atoms with Gasteiger partial charge in [-0.2, -0.15) is 8.42 Å². The lowest BCUT2D eigenvalue weighted by atomic mass is 10.4. The topological polar surface area (TPSA) is 63.6 Å². The fourth-order valence-electron chi connectivity index (χ4n) is 0.630. The van der Waals surface area contributed by atoms with E-state index in [0.717, 1.165) is 0 Å². The zero-order valence-electron chi connectivity index (χ0n) is 5.47. The van der Waals surface area contributed by atoms with Gasteiger partial charge in [0.15, 0.2) is 17.4 Å². The van der Waals surface area contributed by atoms with Gasteiger partial charge in [0, 0.05) is 0 Å². The normalized spacial score (nSPS) is 10.4. The summed E-state index contributed by atoms with van der Waals surface area (Å²) in [6.07, 6.45) is 0. The Morgan fingerprint density at radius 1 is 1.17 bits per heavy atom. The summed E-state index contributed by atoms with van der Waals surface area (Å²) in [6, 6.07) is 7.38. The maximum Gasteiger partial charge on any atom is 0.323 e. The van der Waals surface area contributed by atoms with E-state index >= 15 is 0 Å². The first-order valence-electron chi connectivity index (χ1n) is 2.80. The minimum atomic E-state index is -3.94. The van der Waals surface area contributed by atoms with Crippen LogP contribution in [0.25, 0.3) is 0 Å². The van der Waals surface area contributed by atoms with E-state index in [9.17, 15) is 8.42 Å². The Kier molecular flexibility index (Phi) is 4.46. The lowest BCUT2D eigenvalue weighted by Gasteiger charge is -1.96. The molecule has 0 saturated heterocycles. The second-order valence-corrected chi connectivity index (χ2v) is 3.37. The highest BCUT2D eigenvalue weighted by Gasteiger charge is 2.12. The molecule has 1 N–H and O–H groups in total. The maximum absolute atomic E-state index is 10.7. The number of hydrogen-bond acceptors (Lipinski definition) is 4. The van der Waals surface area contributed by atoms with Crippen LogP contribution < -0.4 is 0 Å². The highest BCUT2D eigenvalue weighted by molar-refractivity contribution is 7.86. The summed E-state index contributed by atoms with van der Waals surface area (Å²) in [6.45, 7) is 0. The van der Waals surface area contributed by atoms with Crippen molar-refractivity contribution in [3.8, 4) is 0 Å². The second kappa shape index (κ2) is 4.60. The number of hydrogen-bond donors (Lipinski definition) is 1. The molecule has 0 aromatic heterocycles. The molecule has 4 nitrogen and oxygen atoms in total. The summed E-state index contributed by atoms with van der Waals surface area (Å²) in [4.78, 5) is -0.0671. The highest BCUT2D eigenvalue weighted by atomic mass is 32.2. The van der Waals surface area contributed by atoms with Crippen LogP contribution in [-0.2, 0) is 14.5 Å². The maximum atomic E-state index is 10.7. The molecule has 0 unspecified atom stereocenters. The van der Waals surface area contributed by atoms with E-state index in [-0.39, 0.29) is 22.3 Å². The largest absolute Gasteiger partial charge is 0.323 e. The SMILES string of the molecule is O=S(=O)(OO)c1ccccc1.[AlH3]. The van der Waals surface area contributed by atoms with Gasteiger partial charge in [0.2, 0.25) is 0 Å². The van der Waals surface area contributed by atoms with Crippen molar-refractivity contribution in [3.05, 3.63) is 30.3 Å². The van der Waals surface area contributed by atoms with Gasteiger partial charge in [-0.3, -0.25) is 0 Å². The third-order valence-corrected chi connectivity index (χ3v) is 2.18. The van der Waals surface area contributed by atoms with Crippen LogP contribution in [0.4, 0.5) is 0 Å². The molecule has 0 bridgehead atoms. The summed E-state index contributed by atoms with van der Waals surface area (Å²) in [5.74, 6) is 0. The molecule has 0 fully saturated rings. The second-order valence-electron chi connectivity index (χ2n) is 1.84. The van der Waals surface area contributed by atoms with Gasteiger partial charge in [-0.1, -0.05) is 18.2 Å². The van der Waals surface area contributed by atoms with E-state index in [0.29, 0.717) is 0 Å². The lowest BCUT2D eigenvalue weighted by Crippen LogP contribution is -2.02. The van der Waals surface area contributed by atoms with Crippen molar-refractivity contribution in [2.75, 3.05) is 0 Å². The van der Waals surface area contributed by atoms with Gasteiger partial charge in [0.1, 0.15) is 0 Å². The fraction of sp³-hybridized carbons (Fsp3) is 0. The van der Waals surface area contributed by atoms with Crippen molar-refractivity contribution in [2.24, 2.45) is 0 Å². The van der Waals surface area contributed by atoms with E-state index in [1.165, 1.54) is 24.3 Å². The van der Waals surface area contributed by atoms with Gasteiger partial charge in [-0.05, 0) is 12.1 Å². The molecular weight excluding hydrogens is 195 g/mol. The molecule has 66 valence electrons.